The van der Waals surface area contributed by atoms with Gasteiger partial charge in [0.15, 0.2) is 0 Å². The Kier molecular flexibility index (Phi) is 6.54. The van der Waals surface area contributed by atoms with E-state index in [-0.39, 0.29) is 32.6 Å². The normalized spacial score (nSPS) is 20.4. The summed E-state index contributed by atoms with van der Waals surface area (Å²) < 4.78 is 26.3. The molecule has 30 heavy (non-hydrogen) atoms. The Hall–Kier alpha value is -3.16. The number of imide groups is 1. The first-order valence-electron chi connectivity index (χ1n) is 9.38. The third-order valence-corrected chi connectivity index (χ3v) is 6.47. The molecule has 0 saturated carbocycles. The van der Waals surface area contributed by atoms with Gasteiger partial charge in [-0.2, -0.15) is 4.31 Å². The van der Waals surface area contributed by atoms with Gasteiger partial charge in [-0.15, -0.1) is 12.3 Å². The fourth-order valence-corrected chi connectivity index (χ4v) is 4.40. The summed E-state index contributed by atoms with van der Waals surface area (Å²) in [6.45, 7) is 0.218. The maximum atomic E-state index is 12.5. The number of carbonyl (C=O) groups excluding carboxylic acids is 3. The number of nitrogens with one attached hydrogen (secondary N) is 1. The van der Waals surface area contributed by atoms with Crippen LogP contribution in [0.1, 0.15) is 12.0 Å². The van der Waals surface area contributed by atoms with Gasteiger partial charge in [0.2, 0.25) is 15.9 Å². The number of rotatable bonds is 6. The lowest BCUT2D eigenvalue weighted by Gasteiger charge is -2.33. The zero-order valence-corrected chi connectivity index (χ0v) is 17.0. The SMILES string of the molecule is C#CCC1NC(=O)N(CC(=O)N2CCN(S(=O)(=O)C=Cc3ccccc3)CC2)C1=O. The topological polar surface area (TPSA) is 107 Å². The van der Waals surface area contributed by atoms with Crippen molar-refractivity contribution < 1.29 is 22.8 Å². The van der Waals surface area contributed by atoms with Crippen LogP contribution in [0.5, 0.6) is 0 Å². The van der Waals surface area contributed by atoms with Crippen molar-refractivity contribution in [1.82, 2.24) is 19.4 Å². The maximum Gasteiger partial charge on any atom is 0.325 e. The third kappa shape index (κ3) is 4.87. The highest BCUT2D eigenvalue weighted by molar-refractivity contribution is 7.92. The van der Waals surface area contributed by atoms with Gasteiger partial charge in [0.1, 0.15) is 12.6 Å². The first-order valence-corrected chi connectivity index (χ1v) is 10.9. The molecule has 1 unspecified atom stereocenters. The number of urea groups is 1. The zero-order valence-electron chi connectivity index (χ0n) is 16.2. The first kappa shape index (κ1) is 21.5. The van der Waals surface area contributed by atoms with Crippen molar-refractivity contribution in [1.29, 1.82) is 0 Å². The van der Waals surface area contributed by atoms with Gasteiger partial charge in [-0.05, 0) is 11.6 Å². The van der Waals surface area contributed by atoms with Crippen molar-refractivity contribution in [3.63, 3.8) is 0 Å². The summed E-state index contributed by atoms with van der Waals surface area (Å²) in [5, 5.41) is 3.60. The van der Waals surface area contributed by atoms with Crippen molar-refractivity contribution in [3.8, 4) is 12.3 Å². The predicted molar refractivity (Wildman–Crippen MR) is 110 cm³/mol. The van der Waals surface area contributed by atoms with E-state index in [4.69, 9.17) is 6.42 Å². The van der Waals surface area contributed by atoms with Gasteiger partial charge in [-0.1, -0.05) is 30.3 Å². The number of amides is 4. The number of hydrogen-bond donors (Lipinski definition) is 1. The van der Waals surface area contributed by atoms with Crippen LogP contribution in [0, 0.1) is 12.3 Å². The van der Waals surface area contributed by atoms with Gasteiger partial charge in [0.05, 0.1) is 0 Å². The molecule has 4 amide bonds. The van der Waals surface area contributed by atoms with E-state index in [9.17, 15) is 22.8 Å². The number of nitrogens with zero attached hydrogens (tertiary/aromatic N) is 3. The summed E-state index contributed by atoms with van der Waals surface area (Å²) >= 11 is 0. The lowest BCUT2D eigenvalue weighted by atomic mass is 10.2. The molecule has 2 aliphatic heterocycles. The molecule has 3 rings (SSSR count). The Morgan fingerprint density at radius 2 is 1.83 bits per heavy atom. The average molecular weight is 430 g/mol. The quantitative estimate of drug-likeness (QED) is 0.508. The van der Waals surface area contributed by atoms with E-state index >= 15 is 0 Å². The summed E-state index contributed by atoms with van der Waals surface area (Å²) in [4.78, 5) is 38.9. The highest BCUT2D eigenvalue weighted by atomic mass is 32.2. The maximum absolute atomic E-state index is 12.5. The summed E-state index contributed by atoms with van der Waals surface area (Å²) in [6, 6.07) is 7.61. The Morgan fingerprint density at radius 3 is 2.47 bits per heavy atom. The monoisotopic (exact) mass is 430 g/mol. The molecule has 1 aromatic carbocycles. The molecule has 1 aromatic rings. The minimum Gasteiger partial charge on any atom is -0.338 e. The molecule has 0 aromatic heterocycles. The van der Waals surface area contributed by atoms with Gasteiger partial charge in [0.25, 0.3) is 5.91 Å². The lowest BCUT2D eigenvalue weighted by molar-refractivity contribution is -0.138. The molecular weight excluding hydrogens is 408 g/mol. The summed E-state index contributed by atoms with van der Waals surface area (Å²) in [5.41, 5.74) is 0.770. The van der Waals surface area contributed by atoms with Crippen LogP contribution in [-0.2, 0) is 19.6 Å². The van der Waals surface area contributed by atoms with E-state index in [1.165, 1.54) is 15.3 Å². The van der Waals surface area contributed by atoms with Gasteiger partial charge in [0, 0.05) is 38.0 Å². The Morgan fingerprint density at radius 1 is 1.17 bits per heavy atom. The minimum atomic E-state index is -3.62. The van der Waals surface area contributed by atoms with Gasteiger partial charge >= 0.3 is 6.03 Å². The molecule has 0 bridgehead atoms. The van der Waals surface area contributed by atoms with Crippen molar-refractivity contribution >= 4 is 33.9 Å². The molecule has 2 saturated heterocycles. The van der Waals surface area contributed by atoms with E-state index < -0.39 is 40.5 Å². The molecule has 1 atom stereocenters. The van der Waals surface area contributed by atoms with Crippen LogP contribution >= 0.6 is 0 Å². The first-order chi connectivity index (χ1) is 14.3. The highest BCUT2D eigenvalue weighted by Gasteiger charge is 2.39. The molecule has 0 aliphatic carbocycles. The molecular formula is C20H22N4O5S. The molecule has 2 heterocycles. The number of carbonyl (C=O) groups is 3. The fraction of sp³-hybridized carbons (Fsp3) is 0.350. The summed E-state index contributed by atoms with van der Waals surface area (Å²) in [7, 11) is -3.62. The Balaban J connectivity index is 1.54. The van der Waals surface area contributed by atoms with Gasteiger partial charge < -0.3 is 10.2 Å². The minimum absolute atomic E-state index is 0.0578. The lowest BCUT2D eigenvalue weighted by Crippen LogP contribution is -2.52. The zero-order chi connectivity index (χ0) is 21.7. The molecule has 9 nitrogen and oxygen atoms in total. The molecule has 1 N–H and O–H groups in total. The molecule has 2 aliphatic rings. The fourth-order valence-electron chi connectivity index (χ4n) is 3.22. The van der Waals surface area contributed by atoms with Crippen molar-refractivity contribution in [3.05, 3.63) is 41.3 Å². The number of benzene rings is 1. The van der Waals surface area contributed by atoms with Gasteiger partial charge in [-0.25, -0.2) is 13.2 Å². The van der Waals surface area contributed by atoms with E-state index in [1.54, 1.807) is 12.1 Å². The molecule has 0 radical (unpaired) electrons. The van der Waals surface area contributed by atoms with E-state index in [0.717, 1.165) is 15.9 Å². The van der Waals surface area contributed by atoms with Crippen molar-refractivity contribution in [2.45, 2.75) is 12.5 Å². The van der Waals surface area contributed by atoms with E-state index in [1.807, 2.05) is 18.2 Å². The standard InChI is InChI=1S/C20H22N4O5S/c1-2-6-17-19(26)24(20(27)21-17)15-18(25)22-10-12-23(13-11-22)30(28,29)14-9-16-7-4-3-5-8-16/h1,3-5,7-9,14,17H,6,10-13,15H2,(H,21,27). The summed E-state index contributed by atoms with van der Waals surface area (Å²) in [5.74, 6) is 1.36. The second kappa shape index (κ2) is 9.11. The van der Waals surface area contributed by atoms with Crippen LogP contribution in [0.25, 0.3) is 6.08 Å². The third-order valence-electron chi connectivity index (χ3n) is 4.91. The van der Waals surface area contributed by atoms with Crippen LogP contribution in [-0.4, -0.2) is 79.1 Å². The molecule has 10 heteroatoms. The van der Waals surface area contributed by atoms with Crippen LogP contribution in [0.3, 0.4) is 0 Å². The smallest absolute Gasteiger partial charge is 0.325 e. The van der Waals surface area contributed by atoms with E-state index in [2.05, 4.69) is 11.2 Å². The summed E-state index contributed by atoms with van der Waals surface area (Å²) in [6.07, 6.45) is 6.76. The number of sulfonamides is 1. The number of hydrogen-bond acceptors (Lipinski definition) is 5. The molecule has 2 fully saturated rings. The Bertz CT molecular complexity index is 992. The van der Waals surface area contributed by atoms with Crippen LogP contribution in [0.15, 0.2) is 35.7 Å². The molecule has 158 valence electrons. The second-order valence-electron chi connectivity index (χ2n) is 6.87. The predicted octanol–water partition coefficient (Wildman–Crippen LogP) is 0.0750. The van der Waals surface area contributed by atoms with Crippen LogP contribution in [0.2, 0.25) is 0 Å². The van der Waals surface area contributed by atoms with Crippen LogP contribution < -0.4 is 5.32 Å². The van der Waals surface area contributed by atoms with Crippen molar-refractivity contribution in [2.24, 2.45) is 0 Å². The molecule has 0 spiro atoms. The Labute approximate surface area is 175 Å². The number of piperazine rings is 1. The second-order valence-corrected chi connectivity index (χ2v) is 8.69. The average Bonchev–Trinajstić information content (AvgIpc) is 3.01. The largest absolute Gasteiger partial charge is 0.338 e. The van der Waals surface area contributed by atoms with Crippen LogP contribution in [0.4, 0.5) is 4.79 Å². The highest BCUT2D eigenvalue weighted by Crippen LogP contribution is 2.14. The van der Waals surface area contributed by atoms with E-state index in [0.29, 0.717) is 0 Å². The van der Waals surface area contributed by atoms with Crippen molar-refractivity contribution in [2.75, 3.05) is 32.7 Å². The van der Waals surface area contributed by atoms with Gasteiger partial charge in [-0.3, -0.25) is 14.5 Å². The number of terminal acetylenes is 1.